The summed E-state index contributed by atoms with van der Waals surface area (Å²) < 4.78 is 0. The number of carbonyl (C=O) groups is 1. The second-order valence-corrected chi connectivity index (χ2v) is 5.11. The van der Waals surface area contributed by atoms with Gasteiger partial charge in [0, 0.05) is 0 Å². The van der Waals surface area contributed by atoms with Crippen LogP contribution in [0.2, 0.25) is 0 Å². The Hall–Kier alpha value is -0.220. The predicted octanol–water partition coefficient (Wildman–Crippen LogP) is 1.71. The number of carboxylic acids is 1. The molecular weight excluding hydrogens is 198 g/mol. The van der Waals surface area contributed by atoms with Crippen LogP contribution in [-0.2, 0) is 4.79 Å². The van der Waals surface area contributed by atoms with Crippen LogP contribution >= 0.6 is 11.8 Å². The molecular formula is C10H19NO2S. The van der Waals surface area contributed by atoms with Gasteiger partial charge in [-0.3, -0.25) is 4.79 Å². The van der Waals surface area contributed by atoms with Crippen LogP contribution in [0.4, 0.5) is 0 Å². The van der Waals surface area contributed by atoms with E-state index >= 15 is 0 Å². The maximum absolute atomic E-state index is 10.4. The van der Waals surface area contributed by atoms with Crippen molar-refractivity contribution in [3.05, 3.63) is 0 Å². The van der Waals surface area contributed by atoms with Gasteiger partial charge in [-0.25, -0.2) is 0 Å². The summed E-state index contributed by atoms with van der Waals surface area (Å²) >= 11 is 1.85. The van der Waals surface area contributed by atoms with Crippen LogP contribution < -0.4 is 5.73 Å². The molecule has 1 unspecified atom stereocenters. The third kappa shape index (κ3) is 4.33. The zero-order valence-corrected chi connectivity index (χ0v) is 9.26. The summed E-state index contributed by atoms with van der Waals surface area (Å²) in [6.07, 6.45) is 6.06. The second kappa shape index (κ2) is 6.30. The van der Waals surface area contributed by atoms with E-state index in [0.29, 0.717) is 6.42 Å². The smallest absolute Gasteiger partial charge is 0.320 e. The number of thioether (sulfide) groups is 1. The van der Waals surface area contributed by atoms with Crippen LogP contribution in [-0.4, -0.2) is 28.6 Å². The van der Waals surface area contributed by atoms with Crippen molar-refractivity contribution < 1.29 is 9.90 Å². The van der Waals surface area contributed by atoms with Crippen LogP contribution in [0.3, 0.4) is 0 Å². The van der Waals surface area contributed by atoms with E-state index in [9.17, 15) is 4.79 Å². The lowest BCUT2D eigenvalue weighted by atomic mass is 10.1. The van der Waals surface area contributed by atoms with E-state index < -0.39 is 12.0 Å². The number of hydrogen-bond donors (Lipinski definition) is 2. The molecule has 0 aromatic heterocycles. The standard InChI is InChI=1S/C10H19NO2S/c11-9(10(12)13)5-6-14-7-8-3-1-2-4-8/h8-9H,1-7,11H2,(H,12,13). The molecule has 0 aromatic rings. The normalized spacial score (nSPS) is 19.8. The molecule has 4 heteroatoms. The van der Waals surface area contributed by atoms with E-state index in [1.807, 2.05) is 11.8 Å². The van der Waals surface area contributed by atoms with Gasteiger partial charge in [-0.1, -0.05) is 12.8 Å². The van der Waals surface area contributed by atoms with E-state index in [1.54, 1.807) is 0 Å². The lowest BCUT2D eigenvalue weighted by molar-refractivity contribution is -0.138. The molecule has 0 spiro atoms. The average Bonchev–Trinajstić information content (AvgIpc) is 2.64. The van der Waals surface area contributed by atoms with Crippen molar-refractivity contribution in [2.75, 3.05) is 11.5 Å². The highest BCUT2D eigenvalue weighted by atomic mass is 32.2. The van der Waals surface area contributed by atoms with Crippen LogP contribution in [0.25, 0.3) is 0 Å². The fourth-order valence-corrected chi connectivity index (χ4v) is 3.01. The van der Waals surface area contributed by atoms with Gasteiger partial charge in [-0.05, 0) is 36.7 Å². The highest BCUT2D eigenvalue weighted by Gasteiger charge is 2.15. The molecule has 0 radical (unpaired) electrons. The van der Waals surface area contributed by atoms with E-state index in [2.05, 4.69) is 0 Å². The van der Waals surface area contributed by atoms with E-state index in [0.717, 1.165) is 11.7 Å². The molecule has 0 aromatic carbocycles. The molecule has 1 aliphatic carbocycles. The van der Waals surface area contributed by atoms with Gasteiger partial charge >= 0.3 is 5.97 Å². The number of aliphatic carboxylic acids is 1. The van der Waals surface area contributed by atoms with E-state index in [4.69, 9.17) is 10.8 Å². The fraction of sp³-hybridized carbons (Fsp3) is 0.900. The summed E-state index contributed by atoms with van der Waals surface area (Å²) in [6, 6.07) is -0.675. The number of carboxylic acid groups (broad SMARTS) is 1. The maximum atomic E-state index is 10.4. The van der Waals surface area contributed by atoms with Crippen molar-refractivity contribution in [3.63, 3.8) is 0 Å². The monoisotopic (exact) mass is 217 g/mol. The Kier molecular flexibility index (Phi) is 5.33. The van der Waals surface area contributed by atoms with Gasteiger partial charge in [-0.15, -0.1) is 0 Å². The molecule has 82 valence electrons. The lowest BCUT2D eigenvalue weighted by Gasteiger charge is -2.09. The molecule has 0 heterocycles. The SMILES string of the molecule is NC(CCSCC1CCCC1)C(=O)O. The molecule has 0 saturated heterocycles. The molecule has 14 heavy (non-hydrogen) atoms. The zero-order chi connectivity index (χ0) is 10.4. The van der Waals surface area contributed by atoms with Crippen LogP contribution in [0.15, 0.2) is 0 Å². The number of hydrogen-bond acceptors (Lipinski definition) is 3. The highest BCUT2D eigenvalue weighted by Crippen LogP contribution is 2.27. The minimum Gasteiger partial charge on any atom is -0.480 e. The first-order valence-electron chi connectivity index (χ1n) is 5.26. The van der Waals surface area contributed by atoms with Gasteiger partial charge in [0.25, 0.3) is 0 Å². The summed E-state index contributed by atoms with van der Waals surface area (Å²) in [4.78, 5) is 10.4. The van der Waals surface area contributed by atoms with Gasteiger partial charge in [0.1, 0.15) is 6.04 Å². The predicted molar refractivity (Wildman–Crippen MR) is 59.5 cm³/mol. The molecule has 3 nitrogen and oxygen atoms in total. The molecule has 0 aliphatic heterocycles. The summed E-state index contributed by atoms with van der Waals surface area (Å²) in [5.74, 6) is 2.06. The van der Waals surface area contributed by atoms with Crippen LogP contribution in [0, 0.1) is 5.92 Å². The van der Waals surface area contributed by atoms with E-state index in [-0.39, 0.29) is 0 Å². The molecule has 1 aliphatic rings. The molecule has 0 amide bonds. The van der Waals surface area contributed by atoms with Crippen molar-refractivity contribution in [3.8, 4) is 0 Å². The zero-order valence-electron chi connectivity index (χ0n) is 8.45. The average molecular weight is 217 g/mol. The van der Waals surface area contributed by atoms with Crippen molar-refractivity contribution in [2.24, 2.45) is 11.7 Å². The first kappa shape index (κ1) is 11.9. The van der Waals surface area contributed by atoms with Crippen molar-refractivity contribution >= 4 is 17.7 Å². The first-order valence-corrected chi connectivity index (χ1v) is 6.41. The Bertz CT molecular complexity index is 181. The van der Waals surface area contributed by atoms with Gasteiger partial charge in [0.2, 0.25) is 0 Å². The minimum atomic E-state index is -0.883. The Morgan fingerprint density at radius 2 is 2.14 bits per heavy atom. The van der Waals surface area contributed by atoms with Crippen LogP contribution in [0.5, 0.6) is 0 Å². The molecule has 1 atom stereocenters. The first-order chi connectivity index (χ1) is 6.70. The van der Waals surface area contributed by atoms with Crippen molar-refractivity contribution in [1.29, 1.82) is 0 Å². The summed E-state index contributed by atoms with van der Waals surface area (Å²) in [7, 11) is 0. The third-order valence-corrected chi connectivity index (χ3v) is 3.95. The molecule has 3 N–H and O–H groups in total. The quantitative estimate of drug-likeness (QED) is 0.665. The largest absolute Gasteiger partial charge is 0.480 e. The highest BCUT2D eigenvalue weighted by molar-refractivity contribution is 7.99. The van der Waals surface area contributed by atoms with Gasteiger partial charge in [0.05, 0.1) is 0 Å². The van der Waals surface area contributed by atoms with E-state index in [1.165, 1.54) is 31.4 Å². The summed E-state index contributed by atoms with van der Waals surface area (Å²) in [5.41, 5.74) is 5.40. The Labute approximate surface area is 89.4 Å². The molecule has 0 bridgehead atoms. The summed E-state index contributed by atoms with van der Waals surface area (Å²) in [6.45, 7) is 0. The number of rotatable bonds is 6. The fourth-order valence-electron chi connectivity index (χ4n) is 1.76. The second-order valence-electron chi connectivity index (χ2n) is 3.96. The van der Waals surface area contributed by atoms with Crippen molar-refractivity contribution in [1.82, 2.24) is 0 Å². The number of nitrogens with two attached hydrogens (primary N) is 1. The van der Waals surface area contributed by atoms with Crippen molar-refractivity contribution in [2.45, 2.75) is 38.1 Å². The Morgan fingerprint density at radius 3 is 2.71 bits per heavy atom. The Balaban J connectivity index is 1.95. The molecule has 1 saturated carbocycles. The van der Waals surface area contributed by atoms with Gasteiger partial charge in [-0.2, -0.15) is 11.8 Å². The van der Waals surface area contributed by atoms with Crippen LogP contribution in [0.1, 0.15) is 32.1 Å². The minimum absolute atomic E-state index is 0.590. The van der Waals surface area contributed by atoms with Gasteiger partial charge in [0.15, 0.2) is 0 Å². The summed E-state index contributed by atoms with van der Waals surface area (Å²) in [5, 5.41) is 8.56. The third-order valence-electron chi connectivity index (χ3n) is 2.72. The molecule has 1 rings (SSSR count). The lowest BCUT2D eigenvalue weighted by Crippen LogP contribution is -2.30. The molecule has 1 fully saturated rings. The topological polar surface area (TPSA) is 63.3 Å². The maximum Gasteiger partial charge on any atom is 0.320 e. The Morgan fingerprint density at radius 1 is 1.50 bits per heavy atom. The van der Waals surface area contributed by atoms with Gasteiger partial charge < -0.3 is 10.8 Å².